The SMILES string of the molecule is CC(COc1ccccc1)NC(C)C(O)c1cc(I)c(O)c(I)c1. The van der Waals surface area contributed by atoms with E-state index < -0.39 is 6.10 Å². The van der Waals surface area contributed by atoms with Gasteiger partial charge in [0.05, 0.1) is 13.2 Å². The number of aromatic hydroxyl groups is 1. The van der Waals surface area contributed by atoms with E-state index in [9.17, 15) is 10.2 Å². The Morgan fingerprint density at radius 3 is 2.25 bits per heavy atom. The summed E-state index contributed by atoms with van der Waals surface area (Å²) >= 11 is 4.14. The van der Waals surface area contributed by atoms with Crippen molar-refractivity contribution < 1.29 is 14.9 Å². The van der Waals surface area contributed by atoms with Crippen LogP contribution in [0.3, 0.4) is 0 Å². The van der Waals surface area contributed by atoms with E-state index in [1.807, 2.05) is 56.3 Å². The molecule has 6 heteroatoms. The molecule has 0 heterocycles. The van der Waals surface area contributed by atoms with Gasteiger partial charge in [0.15, 0.2) is 0 Å². The quantitative estimate of drug-likeness (QED) is 0.453. The molecule has 3 unspecified atom stereocenters. The van der Waals surface area contributed by atoms with Gasteiger partial charge in [-0.2, -0.15) is 0 Å². The number of nitrogens with one attached hydrogen (secondary N) is 1. The molecule has 2 rings (SSSR count). The topological polar surface area (TPSA) is 61.7 Å². The van der Waals surface area contributed by atoms with Gasteiger partial charge >= 0.3 is 0 Å². The minimum Gasteiger partial charge on any atom is -0.506 e. The maximum Gasteiger partial charge on any atom is 0.142 e. The zero-order valence-corrected chi connectivity index (χ0v) is 17.9. The predicted molar refractivity (Wildman–Crippen MR) is 112 cm³/mol. The van der Waals surface area contributed by atoms with Crippen LogP contribution in [-0.4, -0.2) is 28.9 Å². The van der Waals surface area contributed by atoms with Crippen molar-refractivity contribution in [2.24, 2.45) is 0 Å². The zero-order valence-electron chi connectivity index (χ0n) is 13.5. The molecule has 0 spiro atoms. The fraction of sp³-hybridized carbons (Fsp3) is 0.333. The number of para-hydroxylation sites is 1. The molecule has 0 fully saturated rings. The van der Waals surface area contributed by atoms with E-state index in [1.165, 1.54) is 0 Å². The Bertz CT molecular complexity index is 644. The van der Waals surface area contributed by atoms with E-state index in [2.05, 4.69) is 50.5 Å². The van der Waals surface area contributed by atoms with Crippen molar-refractivity contribution >= 4 is 45.2 Å². The molecule has 0 amide bonds. The van der Waals surface area contributed by atoms with Crippen LogP contribution in [0.25, 0.3) is 0 Å². The second kappa shape index (κ2) is 9.21. The van der Waals surface area contributed by atoms with Crippen LogP contribution in [0.5, 0.6) is 11.5 Å². The van der Waals surface area contributed by atoms with Gasteiger partial charge in [0.25, 0.3) is 0 Å². The lowest BCUT2D eigenvalue weighted by Gasteiger charge is -2.25. The average molecular weight is 553 g/mol. The van der Waals surface area contributed by atoms with Crippen molar-refractivity contribution in [1.29, 1.82) is 0 Å². The highest BCUT2D eigenvalue weighted by molar-refractivity contribution is 14.1. The van der Waals surface area contributed by atoms with Gasteiger partial charge in [0, 0.05) is 12.1 Å². The lowest BCUT2D eigenvalue weighted by molar-refractivity contribution is 0.124. The molecule has 0 aliphatic heterocycles. The minimum atomic E-state index is -0.660. The molecule has 0 saturated carbocycles. The van der Waals surface area contributed by atoms with Crippen molar-refractivity contribution in [3.05, 3.63) is 55.2 Å². The number of phenolic OH excluding ortho intramolecular Hbond substituents is 1. The lowest BCUT2D eigenvalue weighted by atomic mass is 10.0. The molecule has 4 nitrogen and oxygen atoms in total. The van der Waals surface area contributed by atoms with E-state index in [-0.39, 0.29) is 17.8 Å². The highest BCUT2D eigenvalue weighted by Crippen LogP contribution is 2.30. The summed E-state index contributed by atoms with van der Waals surface area (Å²) < 4.78 is 7.20. The molecule has 0 aliphatic carbocycles. The summed E-state index contributed by atoms with van der Waals surface area (Å²) in [5, 5.41) is 23.8. The Labute approximate surface area is 169 Å². The number of aliphatic hydroxyl groups is 1. The molecule has 0 bridgehead atoms. The van der Waals surface area contributed by atoms with Gasteiger partial charge in [0.1, 0.15) is 18.1 Å². The summed E-state index contributed by atoms with van der Waals surface area (Å²) in [6.45, 7) is 4.48. The number of rotatable bonds is 7. The van der Waals surface area contributed by atoms with Crippen molar-refractivity contribution in [1.82, 2.24) is 5.32 Å². The standard InChI is InChI=1S/C18H21I2NO3/c1-11(10-24-14-6-4-3-5-7-14)21-12(2)17(22)13-8-15(19)18(23)16(20)9-13/h3-9,11-12,17,21-23H,10H2,1-2H3. The van der Waals surface area contributed by atoms with Gasteiger partial charge in [-0.3, -0.25) is 0 Å². The van der Waals surface area contributed by atoms with Gasteiger partial charge in [-0.15, -0.1) is 0 Å². The number of benzene rings is 2. The first-order valence-corrected chi connectivity index (χ1v) is 9.84. The van der Waals surface area contributed by atoms with Gasteiger partial charge in [-0.05, 0) is 88.9 Å². The minimum absolute atomic E-state index is 0.0881. The van der Waals surface area contributed by atoms with E-state index in [1.54, 1.807) is 0 Å². The molecule has 24 heavy (non-hydrogen) atoms. The van der Waals surface area contributed by atoms with Gasteiger partial charge in [-0.25, -0.2) is 0 Å². The molecule has 2 aromatic carbocycles. The first-order chi connectivity index (χ1) is 11.4. The highest BCUT2D eigenvalue weighted by atomic mass is 127. The number of ether oxygens (including phenoxy) is 1. The summed E-state index contributed by atoms with van der Waals surface area (Å²) in [5.41, 5.74) is 0.790. The van der Waals surface area contributed by atoms with E-state index in [0.29, 0.717) is 6.61 Å². The largest absolute Gasteiger partial charge is 0.506 e. The van der Waals surface area contributed by atoms with E-state index >= 15 is 0 Å². The summed E-state index contributed by atoms with van der Waals surface area (Å²) in [4.78, 5) is 0. The normalized spacial score (nSPS) is 14.9. The van der Waals surface area contributed by atoms with Gasteiger partial charge in [0.2, 0.25) is 0 Å². The number of phenols is 1. The predicted octanol–water partition coefficient (Wildman–Crippen LogP) is 4.08. The number of hydrogen-bond acceptors (Lipinski definition) is 4. The van der Waals surface area contributed by atoms with Crippen LogP contribution in [0.1, 0.15) is 25.5 Å². The van der Waals surface area contributed by atoms with Crippen molar-refractivity contribution in [2.45, 2.75) is 32.0 Å². The first-order valence-electron chi connectivity index (χ1n) is 7.68. The fourth-order valence-electron chi connectivity index (χ4n) is 2.37. The zero-order chi connectivity index (χ0) is 17.7. The Morgan fingerprint density at radius 1 is 1.08 bits per heavy atom. The lowest BCUT2D eigenvalue weighted by Crippen LogP contribution is -2.41. The van der Waals surface area contributed by atoms with Crippen LogP contribution in [-0.2, 0) is 0 Å². The summed E-state index contributed by atoms with van der Waals surface area (Å²) in [6.07, 6.45) is -0.660. The number of aliphatic hydroxyl groups excluding tert-OH is 1. The van der Waals surface area contributed by atoms with Crippen LogP contribution < -0.4 is 10.1 Å². The molecule has 0 saturated heterocycles. The second-order valence-corrected chi connectivity index (χ2v) is 8.08. The van der Waals surface area contributed by atoms with Crippen molar-refractivity contribution in [2.75, 3.05) is 6.61 Å². The maximum absolute atomic E-state index is 10.6. The third-order valence-corrected chi connectivity index (χ3v) is 5.29. The van der Waals surface area contributed by atoms with Crippen LogP contribution in [0.4, 0.5) is 0 Å². The summed E-state index contributed by atoms with van der Waals surface area (Å²) in [7, 11) is 0. The molecule has 0 radical (unpaired) electrons. The molecular weight excluding hydrogens is 532 g/mol. The molecule has 2 aromatic rings. The molecule has 3 atom stereocenters. The molecule has 130 valence electrons. The molecule has 0 aromatic heterocycles. The van der Waals surface area contributed by atoms with E-state index in [4.69, 9.17) is 4.74 Å². The monoisotopic (exact) mass is 553 g/mol. The Balaban J connectivity index is 1.92. The van der Waals surface area contributed by atoms with Crippen molar-refractivity contribution in [3.8, 4) is 11.5 Å². The number of hydrogen-bond donors (Lipinski definition) is 3. The molecule has 0 aliphatic rings. The van der Waals surface area contributed by atoms with Gasteiger partial charge < -0.3 is 20.3 Å². The van der Waals surface area contributed by atoms with Crippen LogP contribution in [0, 0.1) is 7.14 Å². The first kappa shape index (κ1) is 19.7. The molecular formula is C18H21I2NO3. The van der Waals surface area contributed by atoms with Crippen LogP contribution in [0.15, 0.2) is 42.5 Å². The second-order valence-electron chi connectivity index (χ2n) is 5.76. The smallest absolute Gasteiger partial charge is 0.142 e. The summed E-state index contributed by atoms with van der Waals surface area (Å²) in [5.74, 6) is 1.10. The molecule has 3 N–H and O–H groups in total. The highest BCUT2D eigenvalue weighted by Gasteiger charge is 2.20. The van der Waals surface area contributed by atoms with Crippen LogP contribution >= 0.6 is 45.2 Å². The maximum atomic E-state index is 10.6. The number of halogens is 2. The third kappa shape index (κ3) is 5.47. The van der Waals surface area contributed by atoms with E-state index in [0.717, 1.165) is 18.5 Å². The summed E-state index contributed by atoms with van der Waals surface area (Å²) in [6, 6.07) is 13.2. The third-order valence-electron chi connectivity index (χ3n) is 3.64. The Morgan fingerprint density at radius 2 is 1.67 bits per heavy atom. The Kier molecular flexibility index (Phi) is 7.58. The van der Waals surface area contributed by atoms with Gasteiger partial charge in [-0.1, -0.05) is 18.2 Å². The average Bonchev–Trinajstić information content (AvgIpc) is 2.57. The fourth-order valence-corrected chi connectivity index (χ4v) is 4.19. The van der Waals surface area contributed by atoms with Crippen molar-refractivity contribution in [3.63, 3.8) is 0 Å². The van der Waals surface area contributed by atoms with Crippen LogP contribution in [0.2, 0.25) is 0 Å². The Hall–Kier alpha value is -0.580.